The first kappa shape index (κ1) is 20.4. The molecule has 8 heteroatoms. The lowest BCUT2D eigenvalue weighted by Crippen LogP contribution is -2.18. The number of carboxylic acid groups (broad SMARTS) is 1. The third kappa shape index (κ3) is 4.74. The van der Waals surface area contributed by atoms with Gasteiger partial charge in [0.1, 0.15) is 0 Å². The maximum Gasteiger partial charge on any atom is 0.335 e. The fourth-order valence-corrected chi connectivity index (χ4v) is 3.00. The molecule has 6 nitrogen and oxygen atoms in total. The van der Waals surface area contributed by atoms with Crippen LogP contribution in [0.25, 0.3) is 0 Å². The fraction of sp³-hybridized carbons (Fsp3) is 0. The van der Waals surface area contributed by atoms with Gasteiger partial charge in [-0.2, -0.15) is 0 Å². The van der Waals surface area contributed by atoms with Crippen LogP contribution in [-0.4, -0.2) is 22.9 Å². The molecule has 3 rings (SSSR count). The van der Waals surface area contributed by atoms with E-state index in [1.807, 2.05) is 0 Å². The van der Waals surface area contributed by atoms with E-state index in [2.05, 4.69) is 10.6 Å². The molecule has 3 N–H and O–H groups in total. The van der Waals surface area contributed by atoms with E-state index in [4.69, 9.17) is 23.2 Å². The summed E-state index contributed by atoms with van der Waals surface area (Å²) < 4.78 is 0. The summed E-state index contributed by atoms with van der Waals surface area (Å²) in [5, 5.41) is 15.0. The van der Waals surface area contributed by atoms with Crippen molar-refractivity contribution in [3.05, 3.63) is 93.5 Å². The molecule has 29 heavy (non-hydrogen) atoms. The summed E-state index contributed by atoms with van der Waals surface area (Å²) in [5.74, 6) is -2.24. The summed E-state index contributed by atoms with van der Waals surface area (Å²) in [6.45, 7) is 0. The van der Waals surface area contributed by atoms with Crippen LogP contribution in [-0.2, 0) is 0 Å². The molecule has 0 spiro atoms. The first-order chi connectivity index (χ1) is 13.9. The van der Waals surface area contributed by atoms with Crippen LogP contribution in [0.4, 0.5) is 11.4 Å². The van der Waals surface area contributed by atoms with E-state index >= 15 is 0 Å². The van der Waals surface area contributed by atoms with Gasteiger partial charge in [0.25, 0.3) is 11.8 Å². The van der Waals surface area contributed by atoms with Crippen molar-refractivity contribution in [2.75, 3.05) is 10.6 Å². The highest BCUT2D eigenvalue weighted by atomic mass is 35.5. The highest BCUT2D eigenvalue weighted by molar-refractivity contribution is 6.35. The van der Waals surface area contributed by atoms with Crippen molar-refractivity contribution in [2.24, 2.45) is 0 Å². The van der Waals surface area contributed by atoms with Crippen molar-refractivity contribution in [3.8, 4) is 0 Å². The van der Waals surface area contributed by atoms with Crippen LogP contribution in [0, 0.1) is 0 Å². The molecule has 0 radical (unpaired) electrons. The zero-order chi connectivity index (χ0) is 21.0. The third-order valence-corrected chi connectivity index (χ3v) is 4.66. The summed E-state index contributed by atoms with van der Waals surface area (Å²) in [6, 6.07) is 16.8. The van der Waals surface area contributed by atoms with Crippen LogP contribution >= 0.6 is 23.2 Å². The van der Waals surface area contributed by atoms with Crippen LogP contribution in [0.2, 0.25) is 10.0 Å². The van der Waals surface area contributed by atoms with Gasteiger partial charge in [0, 0.05) is 0 Å². The number of nitrogens with one attached hydrogen (secondary N) is 2. The smallest absolute Gasteiger partial charge is 0.335 e. The van der Waals surface area contributed by atoms with Gasteiger partial charge in [-0.3, -0.25) is 9.59 Å². The van der Waals surface area contributed by atoms with E-state index in [1.165, 1.54) is 24.3 Å². The molecule has 0 saturated carbocycles. The Morgan fingerprint density at radius 2 is 1.17 bits per heavy atom. The second-order valence-corrected chi connectivity index (χ2v) is 6.75. The summed E-state index contributed by atoms with van der Waals surface area (Å²) in [6.07, 6.45) is 0. The molecule has 2 amide bonds. The van der Waals surface area contributed by atoms with Crippen molar-refractivity contribution in [1.29, 1.82) is 0 Å². The Labute approximate surface area is 176 Å². The molecule has 146 valence electrons. The molecule has 3 aromatic rings. The van der Waals surface area contributed by atoms with Gasteiger partial charge in [0.05, 0.1) is 38.1 Å². The number of hydrogen-bond donors (Lipinski definition) is 3. The first-order valence-corrected chi connectivity index (χ1v) is 9.11. The SMILES string of the molecule is O=C(O)c1ccc(NC(=O)c2ccccc2Cl)c(NC(=O)c2ccccc2Cl)c1. The van der Waals surface area contributed by atoms with Gasteiger partial charge in [-0.15, -0.1) is 0 Å². The van der Waals surface area contributed by atoms with Crippen molar-refractivity contribution in [1.82, 2.24) is 0 Å². The Hall–Kier alpha value is -3.35. The van der Waals surface area contributed by atoms with Crippen molar-refractivity contribution in [3.63, 3.8) is 0 Å². The van der Waals surface area contributed by atoms with Gasteiger partial charge in [0.15, 0.2) is 0 Å². The van der Waals surface area contributed by atoms with Gasteiger partial charge < -0.3 is 15.7 Å². The quantitative estimate of drug-likeness (QED) is 0.520. The van der Waals surface area contributed by atoms with E-state index in [1.54, 1.807) is 42.5 Å². The summed E-state index contributed by atoms with van der Waals surface area (Å²) in [4.78, 5) is 36.5. The Bertz CT molecular complexity index is 1120. The minimum absolute atomic E-state index is 0.0600. The van der Waals surface area contributed by atoms with E-state index < -0.39 is 17.8 Å². The number of rotatable bonds is 5. The average molecular weight is 429 g/mol. The lowest BCUT2D eigenvalue weighted by Gasteiger charge is -2.14. The molecule has 3 aromatic carbocycles. The highest BCUT2D eigenvalue weighted by Crippen LogP contribution is 2.27. The number of hydrogen-bond acceptors (Lipinski definition) is 3. The molecule has 0 aliphatic rings. The van der Waals surface area contributed by atoms with Crippen molar-refractivity contribution >= 4 is 52.4 Å². The highest BCUT2D eigenvalue weighted by Gasteiger charge is 2.17. The maximum absolute atomic E-state index is 12.6. The predicted molar refractivity (Wildman–Crippen MR) is 112 cm³/mol. The molecule has 0 bridgehead atoms. The van der Waals surface area contributed by atoms with E-state index in [0.29, 0.717) is 0 Å². The number of carbonyl (C=O) groups is 3. The average Bonchev–Trinajstić information content (AvgIpc) is 2.69. The zero-order valence-electron chi connectivity index (χ0n) is 14.8. The van der Waals surface area contributed by atoms with Crippen LogP contribution in [0.15, 0.2) is 66.7 Å². The molecule has 0 fully saturated rings. The summed E-state index contributed by atoms with van der Waals surface area (Å²) in [7, 11) is 0. The van der Waals surface area contributed by atoms with Crippen LogP contribution in [0.1, 0.15) is 31.1 Å². The first-order valence-electron chi connectivity index (χ1n) is 8.36. The van der Waals surface area contributed by atoms with Crippen molar-refractivity contribution in [2.45, 2.75) is 0 Å². The minimum atomic E-state index is -1.18. The molecule has 0 heterocycles. The minimum Gasteiger partial charge on any atom is -0.478 e. The second kappa shape index (κ2) is 8.77. The number of amides is 2. The van der Waals surface area contributed by atoms with Gasteiger partial charge in [-0.25, -0.2) is 4.79 Å². The topological polar surface area (TPSA) is 95.5 Å². The molecule has 0 unspecified atom stereocenters. The van der Waals surface area contributed by atoms with E-state index in [-0.39, 0.29) is 38.1 Å². The molecule has 0 aromatic heterocycles. The van der Waals surface area contributed by atoms with E-state index in [9.17, 15) is 19.5 Å². The second-order valence-electron chi connectivity index (χ2n) is 5.93. The fourth-order valence-electron chi connectivity index (χ4n) is 2.56. The number of benzene rings is 3. The predicted octanol–water partition coefficient (Wildman–Crippen LogP) is 5.20. The van der Waals surface area contributed by atoms with Gasteiger partial charge in [-0.1, -0.05) is 47.5 Å². The lowest BCUT2D eigenvalue weighted by molar-refractivity contribution is 0.0696. The van der Waals surface area contributed by atoms with Crippen molar-refractivity contribution < 1.29 is 19.5 Å². The lowest BCUT2D eigenvalue weighted by atomic mass is 10.1. The molecule has 0 aliphatic carbocycles. The summed E-state index contributed by atoms with van der Waals surface area (Å²) >= 11 is 12.1. The third-order valence-electron chi connectivity index (χ3n) is 4.00. The van der Waals surface area contributed by atoms with Gasteiger partial charge in [0.2, 0.25) is 0 Å². The number of carbonyl (C=O) groups excluding carboxylic acids is 2. The largest absolute Gasteiger partial charge is 0.478 e. The van der Waals surface area contributed by atoms with Crippen LogP contribution in [0.5, 0.6) is 0 Å². The van der Waals surface area contributed by atoms with Gasteiger partial charge >= 0.3 is 5.97 Å². The normalized spacial score (nSPS) is 10.3. The number of halogens is 2. The molecule has 0 saturated heterocycles. The van der Waals surface area contributed by atoms with Crippen LogP contribution in [0.3, 0.4) is 0 Å². The zero-order valence-corrected chi connectivity index (χ0v) is 16.3. The maximum atomic E-state index is 12.6. The Morgan fingerprint density at radius 1 is 0.690 bits per heavy atom. The Balaban J connectivity index is 1.94. The molecular formula is C21H14Cl2N2O4. The number of carboxylic acids is 1. The Morgan fingerprint density at radius 3 is 1.66 bits per heavy atom. The molecule has 0 aliphatic heterocycles. The number of aromatic carboxylic acids is 1. The Kier molecular flexibility index (Phi) is 6.16. The summed E-state index contributed by atoms with van der Waals surface area (Å²) in [5.41, 5.74) is 0.698. The van der Waals surface area contributed by atoms with Crippen LogP contribution < -0.4 is 10.6 Å². The monoisotopic (exact) mass is 428 g/mol. The van der Waals surface area contributed by atoms with Gasteiger partial charge in [-0.05, 0) is 42.5 Å². The molecule has 0 atom stereocenters. The van der Waals surface area contributed by atoms with E-state index in [0.717, 1.165) is 0 Å². The molecular weight excluding hydrogens is 415 g/mol. The number of anilines is 2. The standard InChI is InChI=1S/C21H14Cl2N2O4/c22-15-7-3-1-5-13(15)19(26)24-17-10-9-12(21(28)29)11-18(17)25-20(27)14-6-2-4-8-16(14)23/h1-11H,(H,24,26)(H,25,27)(H,28,29).